The summed E-state index contributed by atoms with van der Waals surface area (Å²) < 4.78 is 16.8. The van der Waals surface area contributed by atoms with Crippen LogP contribution in [0.5, 0.6) is 0 Å². The molecule has 0 radical (unpaired) electrons. The molecule has 24 heavy (non-hydrogen) atoms. The minimum Gasteiger partial charge on any atom is -0.228 e. The number of hydrogen-bond acceptors (Lipinski definition) is 0. The van der Waals surface area contributed by atoms with E-state index in [0.29, 0.717) is 0 Å². The van der Waals surface area contributed by atoms with Gasteiger partial charge in [0.25, 0.3) is 0 Å². The van der Waals surface area contributed by atoms with E-state index in [4.69, 9.17) is 0 Å². The molecule has 0 atom stereocenters. The van der Waals surface area contributed by atoms with Crippen molar-refractivity contribution in [2.24, 2.45) is 0 Å². The Balaban J connectivity index is 2.10. The van der Waals surface area contributed by atoms with E-state index in [2.05, 4.69) is 26.8 Å². The zero-order valence-corrected chi connectivity index (χ0v) is 14.3. The highest BCUT2D eigenvalue weighted by Crippen LogP contribution is 2.54. The highest BCUT2D eigenvalue weighted by molar-refractivity contribution is 5.82. The van der Waals surface area contributed by atoms with Crippen molar-refractivity contribution in [1.82, 2.24) is 0 Å². The molecule has 0 heterocycles. The summed E-state index contributed by atoms with van der Waals surface area (Å²) in [6, 6.07) is 23.7. The van der Waals surface area contributed by atoms with Gasteiger partial charge in [-0.3, -0.25) is 0 Å². The molecule has 0 spiro atoms. The van der Waals surface area contributed by atoms with E-state index in [1.54, 1.807) is 0 Å². The largest absolute Gasteiger partial charge is 0.228 e. The Morgan fingerprint density at radius 3 is 1.54 bits per heavy atom. The Labute approximate surface area is 143 Å². The van der Waals surface area contributed by atoms with E-state index < -0.39 is 5.67 Å². The molecule has 1 aliphatic rings. The van der Waals surface area contributed by atoms with E-state index in [-0.39, 0.29) is 5.41 Å². The summed E-state index contributed by atoms with van der Waals surface area (Å²) in [6.07, 6.45) is 0. The van der Waals surface area contributed by atoms with Crippen molar-refractivity contribution in [2.45, 2.75) is 31.9 Å². The van der Waals surface area contributed by atoms with Crippen LogP contribution in [0.3, 0.4) is 0 Å². The maximum absolute atomic E-state index is 16.8. The van der Waals surface area contributed by atoms with E-state index in [0.717, 1.165) is 33.4 Å². The number of benzene rings is 3. The smallest absolute Gasteiger partial charge is 0.187 e. The maximum atomic E-state index is 16.8. The zero-order chi connectivity index (χ0) is 16.9. The van der Waals surface area contributed by atoms with Crippen LogP contribution < -0.4 is 0 Å². The monoisotopic (exact) mass is 316 g/mol. The minimum absolute atomic E-state index is 0.123. The van der Waals surface area contributed by atoms with Gasteiger partial charge in [0.1, 0.15) is 0 Å². The predicted molar refractivity (Wildman–Crippen MR) is 98.0 cm³/mol. The van der Waals surface area contributed by atoms with E-state index in [1.165, 1.54) is 0 Å². The van der Waals surface area contributed by atoms with Gasteiger partial charge in [-0.1, -0.05) is 93.6 Å². The highest BCUT2D eigenvalue weighted by Gasteiger charge is 2.46. The normalized spacial score (nSPS) is 15.0. The Morgan fingerprint density at radius 1 is 0.625 bits per heavy atom. The molecule has 4 rings (SSSR count). The number of fused-ring (bicyclic) bond motifs is 3. The Hall–Kier alpha value is -2.41. The van der Waals surface area contributed by atoms with Crippen LogP contribution in [-0.2, 0) is 11.1 Å². The first-order valence-corrected chi connectivity index (χ1v) is 8.42. The molecular weight excluding hydrogens is 295 g/mol. The lowest BCUT2D eigenvalue weighted by Gasteiger charge is -2.31. The maximum Gasteiger partial charge on any atom is 0.187 e. The number of hydrogen-bond donors (Lipinski definition) is 0. The topological polar surface area (TPSA) is 0 Å². The summed E-state index contributed by atoms with van der Waals surface area (Å²) in [5, 5.41) is 0. The van der Waals surface area contributed by atoms with E-state index >= 15 is 4.39 Å². The molecular formula is C23H21F. The fourth-order valence-electron chi connectivity index (χ4n) is 3.91. The lowest BCUT2D eigenvalue weighted by atomic mass is 9.76. The molecule has 0 aliphatic heterocycles. The van der Waals surface area contributed by atoms with Crippen LogP contribution in [0.25, 0.3) is 11.1 Å². The quantitative estimate of drug-likeness (QED) is 0.499. The van der Waals surface area contributed by atoms with Gasteiger partial charge >= 0.3 is 0 Å². The van der Waals surface area contributed by atoms with E-state index in [9.17, 15) is 0 Å². The zero-order valence-electron chi connectivity index (χ0n) is 14.3. The molecule has 0 bridgehead atoms. The van der Waals surface area contributed by atoms with Crippen LogP contribution >= 0.6 is 0 Å². The van der Waals surface area contributed by atoms with Crippen molar-refractivity contribution in [3.8, 4) is 11.1 Å². The molecule has 0 nitrogen and oxygen atoms in total. The van der Waals surface area contributed by atoms with Gasteiger partial charge in [-0.2, -0.15) is 0 Å². The first-order chi connectivity index (χ1) is 11.4. The fraction of sp³-hybridized carbons (Fsp3) is 0.217. The van der Waals surface area contributed by atoms with Gasteiger partial charge in [-0.15, -0.1) is 0 Å². The van der Waals surface area contributed by atoms with Crippen LogP contribution in [0.2, 0.25) is 0 Å². The van der Waals surface area contributed by atoms with Crippen molar-refractivity contribution in [1.29, 1.82) is 0 Å². The van der Waals surface area contributed by atoms with Gasteiger partial charge < -0.3 is 0 Å². The fourth-order valence-corrected chi connectivity index (χ4v) is 3.91. The second kappa shape index (κ2) is 5.04. The first-order valence-electron chi connectivity index (χ1n) is 8.42. The van der Waals surface area contributed by atoms with Gasteiger partial charge in [0, 0.05) is 16.7 Å². The van der Waals surface area contributed by atoms with Crippen molar-refractivity contribution >= 4 is 0 Å². The second-order valence-corrected chi connectivity index (χ2v) is 7.55. The van der Waals surface area contributed by atoms with E-state index in [1.807, 2.05) is 66.7 Å². The second-order valence-electron chi connectivity index (χ2n) is 7.55. The Bertz CT molecular complexity index is 870. The van der Waals surface area contributed by atoms with Gasteiger partial charge in [0.05, 0.1) is 0 Å². The molecule has 0 unspecified atom stereocenters. The minimum atomic E-state index is -1.60. The SMILES string of the molecule is CC(C)(C)c1ccccc1C1(F)c2ccccc2-c2ccccc21. The predicted octanol–water partition coefficient (Wildman–Crippen LogP) is 6.23. The molecule has 0 saturated carbocycles. The van der Waals surface area contributed by atoms with Gasteiger partial charge in [-0.25, -0.2) is 4.39 Å². The number of halogens is 1. The molecule has 3 aromatic carbocycles. The average Bonchev–Trinajstić information content (AvgIpc) is 2.85. The van der Waals surface area contributed by atoms with Crippen molar-refractivity contribution in [3.05, 3.63) is 95.1 Å². The molecule has 0 saturated heterocycles. The molecule has 0 aromatic heterocycles. The van der Waals surface area contributed by atoms with Crippen molar-refractivity contribution in [3.63, 3.8) is 0 Å². The standard InChI is InChI=1S/C23H21F/c1-22(2,3)20-14-8-9-15-21(20)23(24)18-12-6-4-10-16(18)17-11-5-7-13-19(17)23/h4-15H,1-3H3. The average molecular weight is 316 g/mol. The Kier molecular flexibility index (Phi) is 3.18. The van der Waals surface area contributed by atoms with Crippen LogP contribution in [0.15, 0.2) is 72.8 Å². The van der Waals surface area contributed by atoms with Gasteiger partial charge in [-0.05, 0) is 22.1 Å². The van der Waals surface area contributed by atoms with Crippen LogP contribution in [0.4, 0.5) is 4.39 Å². The number of alkyl halides is 1. The molecule has 1 heteroatoms. The summed E-state index contributed by atoms with van der Waals surface area (Å²) in [4.78, 5) is 0. The first kappa shape index (κ1) is 15.1. The third-order valence-electron chi connectivity index (χ3n) is 4.99. The molecule has 0 fully saturated rings. The lowest BCUT2D eigenvalue weighted by molar-refractivity contribution is 0.283. The summed E-state index contributed by atoms with van der Waals surface area (Å²) in [7, 11) is 0. The summed E-state index contributed by atoms with van der Waals surface area (Å²) in [6.45, 7) is 6.42. The Morgan fingerprint density at radius 2 is 1.04 bits per heavy atom. The van der Waals surface area contributed by atoms with Crippen molar-refractivity contribution < 1.29 is 4.39 Å². The summed E-state index contributed by atoms with van der Waals surface area (Å²) in [5.41, 5.74) is 3.59. The highest BCUT2D eigenvalue weighted by atomic mass is 19.1. The molecule has 120 valence electrons. The summed E-state index contributed by atoms with van der Waals surface area (Å²) >= 11 is 0. The summed E-state index contributed by atoms with van der Waals surface area (Å²) in [5.74, 6) is 0. The van der Waals surface area contributed by atoms with Crippen LogP contribution in [0.1, 0.15) is 43.0 Å². The number of rotatable bonds is 1. The van der Waals surface area contributed by atoms with Gasteiger partial charge in [0.15, 0.2) is 5.67 Å². The molecule has 1 aliphatic carbocycles. The van der Waals surface area contributed by atoms with Crippen molar-refractivity contribution in [2.75, 3.05) is 0 Å². The molecule has 3 aromatic rings. The molecule has 0 N–H and O–H groups in total. The third-order valence-corrected chi connectivity index (χ3v) is 4.99. The van der Waals surface area contributed by atoms with Gasteiger partial charge in [0.2, 0.25) is 0 Å². The van der Waals surface area contributed by atoms with Crippen LogP contribution in [0, 0.1) is 0 Å². The van der Waals surface area contributed by atoms with Crippen LogP contribution in [-0.4, -0.2) is 0 Å². The lowest BCUT2D eigenvalue weighted by Crippen LogP contribution is -2.26. The molecule has 0 amide bonds. The third kappa shape index (κ3) is 1.97.